The van der Waals surface area contributed by atoms with Crippen molar-refractivity contribution in [3.63, 3.8) is 0 Å². The van der Waals surface area contributed by atoms with Gasteiger partial charge in [0.15, 0.2) is 0 Å². The predicted molar refractivity (Wildman–Crippen MR) is 45.6 cm³/mol. The van der Waals surface area contributed by atoms with Gasteiger partial charge in [-0.3, -0.25) is 4.79 Å². The van der Waals surface area contributed by atoms with Gasteiger partial charge in [0.05, 0.1) is 0 Å². The second-order valence-electron chi connectivity index (χ2n) is 3.11. The van der Waals surface area contributed by atoms with Crippen molar-refractivity contribution in [3.8, 4) is 0 Å². The average molecular weight is 176 g/mol. The predicted octanol–water partition coefficient (Wildman–Crippen LogP) is 1.39. The van der Waals surface area contributed by atoms with Gasteiger partial charge < -0.3 is 5.32 Å². The Labute approximate surface area is 72.3 Å². The minimum Gasteiger partial charge on any atom is -0.355 e. The van der Waals surface area contributed by atoms with Gasteiger partial charge in [0.1, 0.15) is 0 Å². The summed E-state index contributed by atoms with van der Waals surface area (Å²) in [5.74, 6) is 1.50. The van der Waals surface area contributed by atoms with Crippen molar-refractivity contribution >= 4 is 17.5 Å². The summed E-state index contributed by atoms with van der Waals surface area (Å²) in [6, 6.07) is 0. The Hall–Kier alpha value is -0.240. The van der Waals surface area contributed by atoms with E-state index in [2.05, 4.69) is 5.32 Å². The Morgan fingerprint density at radius 2 is 2.36 bits per heavy atom. The van der Waals surface area contributed by atoms with Gasteiger partial charge in [-0.25, -0.2) is 0 Å². The van der Waals surface area contributed by atoms with Crippen LogP contribution in [0.25, 0.3) is 0 Å². The second kappa shape index (κ2) is 3.96. The van der Waals surface area contributed by atoms with Crippen LogP contribution in [-0.4, -0.2) is 18.3 Å². The third-order valence-corrected chi connectivity index (χ3v) is 2.33. The summed E-state index contributed by atoms with van der Waals surface area (Å²) in [6.07, 6.45) is 2.44. The lowest BCUT2D eigenvalue weighted by molar-refractivity contribution is -0.124. The molecule has 0 heterocycles. The summed E-state index contributed by atoms with van der Waals surface area (Å²) in [5, 5.41) is 2.78. The molecule has 1 aliphatic rings. The van der Waals surface area contributed by atoms with Gasteiger partial charge in [0, 0.05) is 18.3 Å². The number of alkyl halides is 1. The van der Waals surface area contributed by atoms with E-state index >= 15 is 0 Å². The first-order valence-electron chi connectivity index (χ1n) is 4.09. The van der Waals surface area contributed by atoms with E-state index in [1.807, 2.05) is 6.92 Å². The van der Waals surface area contributed by atoms with Gasteiger partial charge >= 0.3 is 0 Å². The van der Waals surface area contributed by atoms with Crippen LogP contribution in [0.5, 0.6) is 0 Å². The molecule has 1 fully saturated rings. The molecule has 0 spiro atoms. The third kappa shape index (κ3) is 2.70. The van der Waals surface area contributed by atoms with Crippen LogP contribution in [0.15, 0.2) is 0 Å². The number of carbonyl (C=O) groups excluding carboxylic acids is 1. The Balaban J connectivity index is 2.16. The first kappa shape index (κ1) is 8.85. The van der Waals surface area contributed by atoms with Gasteiger partial charge in [-0.05, 0) is 18.8 Å². The Morgan fingerprint density at radius 3 is 2.82 bits per heavy atom. The first-order valence-corrected chi connectivity index (χ1v) is 4.63. The summed E-state index contributed by atoms with van der Waals surface area (Å²) in [6.45, 7) is 2.58. The minimum absolute atomic E-state index is 0.160. The number of amides is 1. The number of rotatable bonds is 4. The van der Waals surface area contributed by atoms with Gasteiger partial charge in [-0.15, -0.1) is 11.6 Å². The molecule has 2 nitrogen and oxygen atoms in total. The smallest absolute Gasteiger partial charge is 0.223 e. The van der Waals surface area contributed by atoms with Crippen LogP contribution in [-0.2, 0) is 4.79 Å². The zero-order valence-corrected chi connectivity index (χ0v) is 7.53. The highest BCUT2D eigenvalue weighted by molar-refractivity contribution is 6.18. The van der Waals surface area contributed by atoms with Crippen LogP contribution in [0.3, 0.4) is 0 Å². The molecule has 1 unspecified atom stereocenters. The highest BCUT2D eigenvalue weighted by Gasteiger charge is 2.32. The molecule has 3 heteroatoms. The summed E-state index contributed by atoms with van der Waals surface area (Å²) in [7, 11) is 0. The molecule has 0 bridgehead atoms. The van der Waals surface area contributed by atoms with Crippen LogP contribution >= 0.6 is 11.6 Å². The SMILES string of the molecule is CC(C(=O)NCCCl)C1CC1. The molecule has 0 aromatic heterocycles. The normalized spacial score (nSPS) is 19.5. The second-order valence-corrected chi connectivity index (χ2v) is 3.48. The molecule has 64 valence electrons. The lowest BCUT2D eigenvalue weighted by Gasteiger charge is -2.08. The fourth-order valence-corrected chi connectivity index (χ4v) is 1.24. The van der Waals surface area contributed by atoms with E-state index in [0.29, 0.717) is 18.3 Å². The lowest BCUT2D eigenvalue weighted by Crippen LogP contribution is -2.31. The fourth-order valence-electron chi connectivity index (χ4n) is 1.14. The molecule has 1 atom stereocenters. The molecule has 1 aliphatic carbocycles. The maximum absolute atomic E-state index is 11.2. The Bertz CT molecular complexity index is 145. The molecule has 0 radical (unpaired) electrons. The van der Waals surface area contributed by atoms with Crippen LogP contribution in [0.4, 0.5) is 0 Å². The zero-order chi connectivity index (χ0) is 8.27. The molecule has 0 aromatic rings. The van der Waals surface area contributed by atoms with Crippen molar-refractivity contribution in [2.75, 3.05) is 12.4 Å². The summed E-state index contributed by atoms with van der Waals surface area (Å²) >= 11 is 5.43. The number of halogens is 1. The van der Waals surface area contributed by atoms with E-state index in [-0.39, 0.29) is 11.8 Å². The Morgan fingerprint density at radius 1 is 1.73 bits per heavy atom. The molecular formula is C8H14ClNO. The third-order valence-electron chi connectivity index (χ3n) is 2.14. The maximum Gasteiger partial charge on any atom is 0.223 e. The quantitative estimate of drug-likeness (QED) is 0.643. The molecule has 11 heavy (non-hydrogen) atoms. The minimum atomic E-state index is 0.160. The van der Waals surface area contributed by atoms with Gasteiger partial charge in [0.2, 0.25) is 5.91 Å². The largest absolute Gasteiger partial charge is 0.355 e. The summed E-state index contributed by atoms with van der Waals surface area (Å²) in [5.41, 5.74) is 0. The van der Waals surface area contributed by atoms with Crippen molar-refractivity contribution < 1.29 is 4.79 Å². The molecule has 0 aromatic carbocycles. The summed E-state index contributed by atoms with van der Waals surface area (Å²) in [4.78, 5) is 11.2. The Kier molecular flexibility index (Phi) is 3.18. The van der Waals surface area contributed by atoms with E-state index < -0.39 is 0 Å². The average Bonchev–Trinajstić information content (AvgIpc) is 2.81. The maximum atomic E-state index is 11.2. The number of carbonyl (C=O) groups is 1. The highest BCUT2D eigenvalue weighted by atomic mass is 35.5. The standard InChI is InChI=1S/C8H14ClNO/c1-6(7-2-3-7)8(11)10-5-4-9/h6-7H,2-5H2,1H3,(H,10,11). The highest BCUT2D eigenvalue weighted by Crippen LogP contribution is 2.36. The van der Waals surface area contributed by atoms with Crippen molar-refractivity contribution in [1.82, 2.24) is 5.32 Å². The van der Waals surface area contributed by atoms with Crippen molar-refractivity contribution in [2.24, 2.45) is 11.8 Å². The van der Waals surface area contributed by atoms with Crippen LogP contribution in [0.1, 0.15) is 19.8 Å². The van der Waals surface area contributed by atoms with Gasteiger partial charge in [-0.2, -0.15) is 0 Å². The van der Waals surface area contributed by atoms with Crippen LogP contribution in [0.2, 0.25) is 0 Å². The van der Waals surface area contributed by atoms with E-state index in [0.717, 1.165) is 0 Å². The monoisotopic (exact) mass is 175 g/mol. The molecule has 1 rings (SSSR count). The van der Waals surface area contributed by atoms with Crippen molar-refractivity contribution in [2.45, 2.75) is 19.8 Å². The zero-order valence-electron chi connectivity index (χ0n) is 6.77. The fraction of sp³-hybridized carbons (Fsp3) is 0.875. The molecule has 0 saturated heterocycles. The molecule has 0 aliphatic heterocycles. The lowest BCUT2D eigenvalue weighted by atomic mass is 10.1. The number of hydrogen-bond donors (Lipinski definition) is 1. The van der Waals surface area contributed by atoms with Crippen molar-refractivity contribution in [1.29, 1.82) is 0 Å². The molecule has 1 saturated carbocycles. The topological polar surface area (TPSA) is 29.1 Å². The first-order chi connectivity index (χ1) is 5.25. The molecule has 1 N–H and O–H groups in total. The van der Waals surface area contributed by atoms with Gasteiger partial charge in [-0.1, -0.05) is 6.92 Å². The van der Waals surface area contributed by atoms with E-state index in [9.17, 15) is 4.79 Å². The molecular weight excluding hydrogens is 162 g/mol. The van der Waals surface area contributed by atoms with Crippen LogP contribution in [0, 0.1) is 11.8 Å². The van der Waals surface area contributed by atoms with Gasteiger partial charge in [0.25, 0.3) is 0 Å². The van der Waals surface area contributed by atoms with E-state index in [4.69, 9.17) is 11.6 Å². The number of hydrogen-bond acceptors (Lipinski definition) is 1. The van der Waals surface area contributed by atoms with E-state index in [1.54, 1.807) is 0 Å². The van der Waals surface area contributed by atoms with Crippen LogP contribution < -0.4 is 5.32 Å². The molecule has 1 amide bonds. The number of nitrogens with one attached hydrogen (secondary N) is 1. The van der Waals surface area contributed by atoms with Crippen molar-refractivity contribution in [3.05, 3.63) is 0 Å². The van der Waals surface area contributed by atoms with E-state index in [1.165, 1.54) is 12.8 Å². The summed E-state index contributed by atoms with van der Waals surface area (Å²) < 4.78 is 0.